The highest BCUT2D eigenvalue weighted by Crippen LogP contribution is 2.09. The average Bonchev–Trinajstić information content (AvgIpc) is 1.83. The molecule has 1 heterocycles. The molecule has 0 aliphatic carbocycles. The average molecular weight is 133 g/mol. The van der Waals surface area contributed by atoms with Gasteiger partial charge in [-0.3, -0.25) is 0 Å². The predicted molar refractivity (Wildman–Crippen MR) is 30.6 cm³/mol. The number of aliphatic hydroxyl groups excluding tert-OH is 2. The molecule has 0 radical (unpaired) electrons. The lowest BCUT2D eigenvalue weighted by atomic mass is 10.1. The Hall–Kier alpha value is -0.160. The van der Waals surface area contributed by atoms with Crippen molar-refractivity contribution in [3.8, 4) is 0 Å². The van der Waals surface area contributed by atoms with E-state index in [2.05, 4.69) is 0 Å². The minimum atomic E-state index is -0.992. The number of hydrogen-bond acceptors (Lipinski definition) is 4. The maximum Gasteiger partial charge on any atom is 0.172 e. The SMILES string of the molecule is N[C@@H]1[C@H](O)CCO[C@@H]1O. The van der Waals surface area contributed by atoms with E-state index in [4.69, 9.17) is 20.7 Å². The first-order valence-corrected chi connectivity index (χ1v) is 2.95. The van der Waals surface area contributed by atoms with Gasteiger partial charge in [0.15, 0.2) is 6.29 Å². The van der Waals surface area contributed by atoms with Crippen LogP contribution in [0.3, 0.4) is 0 Å². The monoisotopic (exact) mass is 133 g/mol. The van der Waals surface area contributed by atoms with E-state index in [1.54, 1.807) is 0 Å². The van der Waals surface area contributed by atoms with Gasteiger partial charge in [0.2, 0.25) is 0 Å². The van der Waals surface area contributed by atoms with Crippen molar-refractivity contribution in [3.05, 3.63) is 0 Å². The van der Waals surface area contributed by atoms with Crippen LogP contribution in [0.25, 0.3) is 0 Å². The Balaban J connectivity index is 2.41. The molecule has 0 bridgehead atoms. The summed E-state index contributed by atoms with van der Waals surface area (Å²) in [5.41, 5.74) is 5.30. The van der Waals surface area contributed by atoms with Crippen LogP contribution in [0.4, 0.5) is 0 Å². The smallest absolute Gasteiger partial charge is 0.172 e. The number of hydrogen-bond donors (Lipinski definition) is 3. The highest BCUT2D eigenvalue weighted by Gasteiger charge is 2.27. The van der Waals surface area contributed by atoms with Crippen LogP contribution in [0.15, 0.2) is 0 Å². The number of aliphatic hydroxyl groups is 2. The van der Waals surface area contributed by atoms with Gasteiger partial charge in [-0.2, -0.15) is 0 Å². The molecule has 0 spiro atoms. The third-order valence-electron chi connectivity index (χ3n) is 1.48. The number of ether oxygens (including phenoxy) is 1. The van der Waals surface area contributed by atoms with Gasteiger partial charge in [-0.05, 0) is 6.42 Å². The molecule has 0 aromatic rings. The largest absolute Gasteiger partial charge is 0.391 e. The Labute approximate surface area is 53.2 Å². The summed E-state index contributed by atoms with van der Waals surface area (Å²) in [4.78, 5) is 0. The zero-order chi connectivity index (χ0) is 6.85. The summed E-state index contributed by atoms with van der Waals surface area (Å²) in [6.45, 7) is 0.385. The summed E-state index contributed by atoms with van der Waals surface area (Å²) in [6.07, 6.45) is -1.10. The Morgan fingerprint density at radius 3 is 2.56 bits per heavy atom. The van der Waals surface area contributed by atoms with Gasteiger partial charge in [0.25, 0.3) is 0 Å². The molecule has 0 aromatic carbocycles. The van der Waals surface area contributed by atoms with Gasteiger partial charge >= 0.3 is 0 Å². The molecule has 9 heavy (non-hydrogen) atoms. The fourth-order valence-corrected chi connectivity index (χ4v) is 0.803. The van der Waals surface area contributed by atoms with Crippen LogP contribution < -0.4 is 5.73 Å². The molecule has 1 saturated heterocycles. The first-order chi connectivity index (χ1) is 4.22. The van der Waals surface area contributed by atoms with E-state index in [-0.39, 0.29) is 0 Å². The van der Waals surface area contributed by atoms with Gasteiger partial charge in [-0.1, -0.05) is 0 Å². The molecule has 1 fully saturated rings. The summed E-state index contributed by atoms with van der Waals surface area (Å²) in [6, 6.07) is -0.640. The minimum Gasteiger partial charge on any atom is -0.391 e. The molecule has 0 aromatic heterocycles. The van der Waals surface area contributed by atoms with Crippen molar-refractivity contribution < 1.29 is 14.9 Å². The van der Waals surface area contributed by atoms with E-state index in [0.717, 1.165) is 0 Å². The highest BCUT2D eigenvalue weighted by atomic mass is 16.6. The van der Waals surface area contributed by atoms with Crippen LogP contribution in [-0.4, -0.2) is 35.3 Å². The van der Waals surface area contributed by atoms with Crippen LogP contribution in [-0.2, 0) is 4.74 Å². The van der Waals surface area contributed by atoms with Crippen molar-refractivity contribution in [3.63, 3.8) is 0 Å². The molecule has 1 aliphatic rings. The lowest BCUT2D eigenvalue weighted by Crippen LogP contribution is -2.50. The molecule has 1 rings (SSSR count). The second kappa shape index (κ2) is 2.62. The zero-order valence-electron chi connectivity index (χ0n) is 5.03. The first-order valence-electron chi connectivity index (χ1n) is 2.95. The first kappa shape index (κ1) is 6.95. The summed E-state index contributed by atoms with van der Waals surface area (Å²) >= 11 is 0. The van der Waals surface area contributed by atoms with E-state index in [0.29, 0.717) is 13.0 Å². The van der Waals surface area contributed by atoms with E-state index < -0.39 is 18.4 Å². The van der Waals surface area contributed by atoms with Crippen LogP contribution in [0, 0.1) is 0 Å². The van der Waals surface area contributed by atoms with Gasteiger partial charge in [0.05, 0.1) is 18.8 Å². The predicted octanol–water partition coefficient (Wildman–Crippen LogP) is -1.59. The maximum absolute atomic E-state index is 8.98. The van der Waals surface area contributed by atoms with Crippen molar-refractivity contribution in [2.24, 2.45) is 5.73 Å². The van der Waals surface area contributed by atoms with Crippen LogP contribution in [0.1, 0.15) is 6.42 Å². The fraction of sp³-hybridized carbons (Fsp3) is 1.00. The van der Waals surface area contributed by atoms with E-state index >= 15 is 0 Å². The quantitative estimate of drug-likeness (QED) is 0.372. The third-order valence-corrected chi connectivity index (χ3v) is 1.48. The van der Waals surface area contributed by atoms with Crippen molar-refractivity contribution in [2.75, 3.05) is 6.61 Å². The zero-order valence-corrected chi connectivity index (χ0v) is 5.03. The van der Waals surface area contributed by atoms with Crippen LogP contribution >= 0.6 is 0 Å². The fourth-order valence-electron chi connectivity index (χ4n) is 0.803. The molecule has 4 nitrogen and oxygen atoms in total. The van der Waals surface area contributed by atoms with Gasteiger partial charge in [-0.25, -0.2) is 0 Å². The Bertz CT molecular complexity index is 88.2. The lowest BCUT2D eigenvalue weighted by Gasteiger charge is -2.28. The second-order valence-electron chi connectivity index (χ2n) is 2.19. The number of nitrogens with two attached hydrogens (primary N) is 1. The summed E-state index contributed by atoms with van der Waals surface area (Å²) < 4.78 is 4.73. The molecule has 4 N–H and O–H groups in total. The minimum absolute atomic E-state index is 0.385. The second-order valence-corrected chi connectivity index (χ2v) is 2.19. The Kier molecular flexibility index (Phi) is 2.02. The molecule has 0 unspecified atom stereocenters. The standard InChI is InChI=1S/C5H11NO3/c6-4-3(7)1-2-9-5(4)8/h3-5,7-8H,1-2,6H2/t3-,4-,5+/m1/s1. The highest BCUT2D eigenvalue weighted by molar-refractivity contribution is 4.77. The molecule has 3 atom stereocenters. The van der Waals surface area contributed by atoms with Crippen molar-refractivity contribution in [1.29, 1.82) is 0 Å². The van der Waals surface area contributed by atoms with Gasteiger partial charge in [0.1, 0.15) is 0 Å². The molecule has 54 valence electrons. The summed E-state index contributed by atoms with van der Waals surface area (Å²) in [5, 5.41) is 17.8. The topological polar surface area (TPSA) is 75.7 Å². The van der Waals surface area contributed by atoms with Crippen molar-refractivity contribution >= 4 is 0 Å². The molecular formula is C5H11NO3. The maximum atomic E-state index is 8.98. The molecule has 1 aliphatic heterocycles. The van der Waals surface area contributed by atoms with Gasteiger partial charge in [0, 0.05) is 0 Å². The van der Waals surface area contributed by atoms with Crippen LogP contribution in [0.2, 0.25) is 0 Å². The van der Waals surface area contributed by atoms with Crippen LogP contribution in [0.5, 0.6) is 0 Å². The molecular weight excluding hydrogens is 122 g/mol. The number of rotatable bonds is 0. The van der Waals surface area contributed by atoms with E-state index in [9.17, 15) is 0 Å². The molecule has 0 saturated carbocycles. The van der Waals surface area contributed by atoms with E-state index in [1.165, 1.54) is 0 Å². The Morgan fingerprint density at radius 1 is 1.44 bits per heavy atom. The summed E-state index contributed by atoms with van der Waals surface area (Å²) in [5.74, 6) is 0. The normalized spacial score (nSPS) is 45.0. The third kappa shape index (κ3) is 1.40. The Morgan fingerprint density at radius 2 is 2.11 bits per heavy atom. The molecule has 4 heteroatoms. The summed E-state index contributed by atoms with van der Waals surface area (Å²) in [7, 11) is 0. The van der Waals surface area contributed by atoms with Crippen molar-refractivity contribution in [1.82, 2.24) is 0 Å². The lowest BCUT2D eigenvalue weighted by molar-refractivity contribution is -0.165. The molecule has 0 amide bonds. The van der Waals surface area contributed by atoms with Gasteiger partial charge < -0.3 is 20.7 Å². The van der Waals surface area contributed by atoms with E-state index in [1.807, 2.05) is 0 Å². The van der Waals surface area contributed by atoms with Gasteiger partial charge in [-0.15, -0.1) is 0 Å². The van der Waals surface area contributed by atoms with Crippen molar-refractivity contribution in [2.45, 2.75) is 24.9 Å².